The summed E-state index contributed by atoms with van der Waals surface area (Å²) in [5.41, 5.74) is 8.51. The lowest BCUT2D eigenvalue weighted by atomic mass is 9.99. The Balaban J connectivity index is 1.95. The molecule has 0 radical (unpaired) electrons. The molecule has 2 N–H and O–H groups in total. The number of pyridine rings is 1. The molecule has 1 aromatic carbocycles. The molecule has 20 heavy (non-hydrogen) atoms. The van der Waals surface area contributed by atoms with Crippen molar-refractivity contribution in [3.63, 3.8) is 0 Å². The third kappa shape index (κ3) is 2.30. The largest absolute Gasteiger partial charge is 0.335 e. The van der Waals surface area contributed by atoms with Crippen LogP contribution >= 0.6 is 0 Å². The first-order valence-electron chi connectivity index (χ1n) is 6.89. The van der Waals surface area contributed by atoms with E-state index < -0.39 is 0 Å². The minimum Gasteiger partial charge on any atom is -0.335 e. The van der Waals surface area contributed by atoms with Crippen LogP contribution in [0.1, 0.15) is 24.4 Å². The third-order valence-corrected chi connectivity index (χ3v) is 3.62. The summed E-state index contributed by atoms with van der Waals surface area (Å²) in [5, 5.41) is 1.12. The van der Waals surface area contributed by atoms with Crippen molar-refractivity contribution in [2.45, 2.75) is 25.9 Å². The monoisotopic (exact) mass is 266 g/mol. The minimum absolute atomic E-state index is 0.0735. The Hall–Kier alpha value is -2.20. The molecule has 0 spiro atoms. The predicted octanol–water partition coefficient (Wildman–Crippen LogP) is 2.69. The fraction of sp³-hybridized carbons (Fsp3) is 0.250. The van der Waals surface area contributed by atoms with Crippen LogP contribution in [0, 0.1) is 0 Å². The number of nitrogens with zero attached hydrogens (tertiary/aromatic N) is 3. The van der Waals surface area contributed by atoms with Crippen molar-refractivity contribution in [2.24, 2.45) is 5.73 Å². The van der Waals surface area contributed by atoms with Crippen molar-refractivity contribution >= 4 is 10.9 Å². The van der Waals surface area contributed by atoms with Gasteiger partial charge in [-0.05, 0) is 24.6 Å². The van der Waals surface area contributed by atoms with Crippen LogP contribution < -0.4 is 5.73 Å². The minimum atomic E-state index is -0.0735. The van der Waals surface area contributed by atoms with Crippen molar-refractivity contribution in [2.75, 3.05) is 0 Å². The highest BCUT2D eigenvalue weighted by Crippen LogP contribution is 2.23. The topological polar surface area (TPSA) is 56.7 Å². The van der Waals surface area contributed by atoms with Crippen LogP contribution in [0.4, 0.5) is 0 Å². The fourth-order valence-corrected chi connectivity index (χ4v) is 2.58. The van der Waals surface area contributed by atoms with Gasteiger partial charge in [-0.15, -0.1) is 0 Å². The second-order valence-corrected chi connectivity index (χ2v) is 4.86. The Bertz CT molecular complexity index is 712. The van der Waals surface area contributed by atoms with E-state index in [0.29, 0.717) is 0 Å². The molecule has 102 valence electrons. The lowest BCUT2D eigenvalue weighted by Crippen LogP contribution is -2.16. The lowest BCUT2D eigenvalue weighted by molar-refractivity contribution is 0.630. The van der Waals surface area contributed by atoms with Gasteiger partial charge in [-0.2, -0.15) is 0 Å². The second-order valence-electron chi connectivity index (χ2n) is 4.86. The van der Waals surface area contributed by atoms with E-state index in [-0.39, 0.29) is 6.04 Å². The first kappa shape index (κ1) is 12.8. The summed E-state index contributed by atoms with van der Waals surface area (Å²) in [5.74, 6) is 1.03. The van der Waals surface area contributed by atoms with Crippen LogP contribution in [0.5, 0.6) is 0 Å². The maximum atomic E-state index is 6.39. The summed E-state index contributed by atoms with van der Waals surface area (Å²) in [6.07, 6.45) is 6.36. The van der Waals surface area contributed by atoms with Gasteiger partial charge in [-0.3, -0.25) is 4.98 Å². The number of aryl methyl sites for hydroxylation is 1. The van der Waals surface area contributed by atoms with Gasteiger partial charge < -0.3 is 10.3 Å². The molecule has 2 heterocycles. The van der Waals surface area contributed by atoms with E-state index in [0.717, 1.165) is 35.3 Å². The Morgan fingerprint density at radius 3 is 2.90 bits per heavy atom. The first-order chi connectivity index (χ1) is 9.79. The quantitative estimate of drug-likeness (QED) is 0.790. The zero-order valence-electron chi connectivity index (χ0n) is 11.5. The standard InChI is InChI=1S/C16H18N4/c1-2-20-10-9-19-16(20)11-14(17)12-5-3-7-15-13(12)6-4-8-18-15/h3-10,14H,2,11,17H2,1H3. The summed E-state index contributed by atoms with van der Waals surface area (Å²) in [6.45, 7) is 3.03. The highest BCUT2D eigenvalue weighted by Gasteiger charge is 2.13. The SMILES string of the molecule is CCn1ccnc1CC(N)c1cccc2ncccc12. The van der Waals surface area contributed by atoms with Crippen molar-refractivity contribution in [3.8, 4) is 0 Å². The van der Waals surface area contributed by atoms with E-state index in [4.69, 9.17) is 5.73 Å². The van der Waals surface area contributed by atoms with Crippen LogP contribution in [-0.4, -0.2) is 14.5 Å². The Morgan fingerprint density at radius 1 is 1.15 bits per heavy atom. The van der Waals surface area contributed by atoms with Crippen LogP contribution in [0.25, 0.3) is 10.9 Å². The average Bonchev–Trinajstić information content (AvgIpc) is 2.93. The Labute approximate surface area is 118 Å². The zero-order chi connectivity index (χ0) is 13.9. The summed E-state index contributed by atoms with van der Waals surface area (Å²) in [6, 6.07) is 10.1. The molecule has 3 rings (SSSR count). The van der Waals surface area contributed by atoms with Gasteiger partial charge in [0, 0.05) is 43.0 Å². The molecule has 0 saturated heterocycles. The number of benzene rings is 1. The number of rotatable bonds is 4. The Kier molecular flexibility index (Phi) is 3.48. The molecular formula is C16H18N4. The summed E-state index contributed by atoms with van der Waals surface area (Å²) in [7, 11) is 0. The number of aromatic nitrogens is 3. The maximum absolute atomic E-state index is 6.39. The third-order valence-electron chi connectivity index (χ3n) is 3.62. The van der Waals surface area contributed by atoms with Crippen LogP contribution in [-0.2, 0) is 13.0 Å². The number of hydrogen-bond acceptors (Lipinski definition) is 3. The maximum Gasteiger partial charge on any atom is 0.110 e. The highest BCUT2D eigenvalue weighted by molar-refractivity contribution is 5.82. The molecule has 0 aliphatic rings. The second kappa shape index (κ2) is 5.43. The molecule has 4 heteroatoms. The number of fused-ring (bicyclic) bond motifs is 1. The van der Waals surface area contributed by atoms with Gasteiger partial charge in [0.1, 0.15) is 5.82 Å². The van der Waals surface area contributed by atoms with Crippen molar-refractivity contribution < 1.29 is 0 Å². The van der Waals surface area contributed by atoms with E-state index in [1.165, 1.54) is 0 Å². The number of imidazole rings is 1. The van der Waals surface area contributed by atoms with Crippen LogP contribution in [0.2, 0.25) is 0 Å². The van der Waals surface area contributed by atoms with E-state index in [9.17, 15) is 0 Å². The van der Waals surface area contributed by atoms with Gasteiger partial charge in [-0.1, -0.05) is 18.2 Å². The van der Waals surface area contributed by atoms with E-state index in [2.05, 4.69) is 33.6 Å². The molecule has 1 atom stereocenters. The van der Waals surface area contributed by atoms with Gasteiger partial charge in [-0.25, -0.2) is 4.98 Å². The average molecular weight is 266 g/mol. The van der Waals surface area contributed by atoms with Crippen molar-refractivity contribution in [3.05, 3.63) is 60.3 Å². The van der Waals surface area contributed by atoms with E-state index in [1.54, 1.807) is 6.20 Å². The Morgan fingerprint density at radius 2 is 2.05 bits per heavy atom. The summed E-state index contributed by atoms with van der Waals surface area (Å²) in [4.78, 5) is 8.78. The van der Waals surface area contributed by atoms with E-state index in [1.807, 2.05) is 30.6 Å². The molecule has 0 bridgehead atoms. The van der Waals surface area contributed by atoms with Gasteiger partial charge in [0.15, 0.2) is 0 Å². The molecule has 0 amide bonds. The predicted molar refractivity (Wildman–Crippen MR) is 80.3 cm³/mol. The molecule has 0 aliphatic carbocycles. The van der Waals surface area contributed by atoms with Gasteiger partial charge in [0.05, 0.1) is 5.52 Å². The van der Waals surface area contributed by atoms with E-state index >= 15 is 0 Å². The smallest absolute Gasteiger partial charge is 0.110 e. The lowest BCUT2D eigenvalue weighted by Gasteiger charge is -2.15. The fourth-order valence-electron chi connectivity index (χ4n) is 2.58. The molecule has 4 nitrogen and oxygen atoms in total. The van der Waals surface area contributed by atoms with Crippen LogP contribution in [0.15, 0.2) is 48.9 Å². The van der Waals surface area contributed by atoms with Gasteiger partial charge in [0.25, 0.3) is 0 Å². The number of hydrogen-bond donors (Lipinski definition) is 1. The first-order valence-corrected chi connectivity index (χ1v) is 6.89. The zero-order valence-corrected chi connectivity index (χ0v) is 11.5. The summed E-state index contributed by atoms with van der Waals surface area (Å²) < 4.78 is 2.13. The molecule has 1 unspecified atom stereocenters. The van der Waals surface area contributed by atoms with Crippen molar-refractivity contribution in [1.82, 2.24) is 14.5 Å². The summed E-state index contributed by atoms with van der Waals surface area (Å²) >= 11 is 0. The van der Waals surface area contributed by atoms with Gasteiger partial charge in [0.2, 0.25) is 0 Å². The molecule has 0 aliphatic heterocycles. The molecule has 3 aromatic rings. The molecule has 0 fully saturated rings. The van der Waals surface area contributed by atoms with Crippen molar-refractivity contribution in [1.29, 1.82) is 0 Å². The highest BCUT2D eigenvalue weighted by atomic mass is 15.1. The molecule has 2 aromatic heterocycles. The molecular weight excluding hydrogens is 248 g/mol. The van der Waals surface area contributed by atoms with Gasteiger partial charge >= 0.3 is 0 Å². The van der Waals surface area contributed by atoms with Crippen LogP contribution in [0.3, 0.4) is 0 Å². The normalized spacial score (nSPS) is 12.7. The number of nitrogens with two attached hydrogens (primary N) is 1. The molecule has 0 saturated carbocycles.